The molecule has 0 saturated carbocycles. The molecule has 7 nitrogen and oxygen atoms in total. The van der Waals surface area contributed by atoms with E-state index in [1.165, 1.54) is 17.2 Å². The van der Waals surface area contributed by atoms with Crippen molar-refractivity contribution in [3.63, 3.8) is 0 Å². The Bertz CT molecular complexity index is 436. The number of hydrogen-bond donors (Lipinski definition) is 2. The van der Waals surface area contributed by atoms with E-state index in [1.54, 1.807) is 0 Å². The number of hydrogen-bond acceptors (Lipinski definition) is 4. The van der Waals surface area contributed by atoms with Crippen molar-refractivity contribution in [3.8, 4) is 0 Å². The first kappa shape index (κ1) is 10.5. The second-order valence-corrected chi connectivity index (χ2v) is 3.51. The third-order valence-corrected chi connectivity index (χ3v) is 2.51. The number of aromatic amines is 1. The van der Waals surface area contributed by atoms with Crippen LogP contribution in [0.4, 0.5) is 10.7 Å². The highest BCUT2D eigenvalue weighted by molar-refractivity contribution is 5.65. The maximum absolute atomic E-state index is 11.1. The summed E-state index contributed by atoms with van der Waals surface area (Å²) in [5, 5.41) is 8.77. The van der Waals surface area contributed by atoms with Crippen molar-refractivity contribution in [2.24, 2.45) is 0 Å². The molecule has 0 unspecified atom stereocenters. The average Bonchev–Trinajstić information content (AvgIpc) is 2.29. The van der Waals surface area contributed by atoms with Gasteiger partial charge in [0.1, 0.15) is 0 Å². The van der Waals surface area contributed by atoms with Gasteiger partial charge in [-0.1, -0.05) is 0 Å². The van der Waals surface area contributed by atoms with E-state index in [1.807, 2.05) is 4.90 Å². The highest BCUT2D eigenvalue weighted by Crippen LogP contribution is 2.08. The van der Waals surface area contributed by atoms with Crippen LogP contribution in [-0.4, -0.2) is 52.2 Å². The Kier molecular flexibility index (Phi) is 2.76. The lowest BCUT2D eigenvalue weighted by molar-refractivity contribution is 0.142. The SMILES string of the molecule is O=C(O)N1CCN(c2nccc(=O)[nH]2)CC1. The molecule has 1 fully saturated rings. The standard InChI is InChI=1S/C9H12N4O3/c14-7-1-2-10-8(11-7)12-3-5-13(6-4-12)9(15)16/h1-2H,3-6H2,(H,15,16)(H,10,11,14). The molecular formula is C9H12N4O3. The van der Waals surface area contributed by atoms with Gasteiger partial charge in [-0.25, -0.2) is 9.78 Å². The van der Waals surface area contributed by atoms with Crippen molar-refractivity contribution in [2.75, 3.05) is 31.1 Å². The molecule has 1 aromatic heterocycles. The lowest BCUT2D eigenvalue weighted by atomic mass is 10.3. The summed E-state index contributed by atoms with van der Waals surface area (Å²) in [6.07, 6.45) is 0.534. The van der Waals surface area contributed by atoms with Crippen molar-refractivity contribution in [1.82, 2.24) is 14.9 Å². The van der Waals surface area contributed by atoms with E-state index >= 15 is 0 Å². The molecule has 2 rings (SSSR count). The fraction of sp³-hybridized carbons (Fsp3) is 0.444. The Morgan fingerprint density at radius 2 is 2.06 bits per heavy atom. The van der Waals surface area contributed by atoms with Gasteiger partial charge in [0.05, 0.1) is 0 Å². The number of nitrogens with one attached hydrogen (secondary N) is 1. The second-order valence-electron chi connectivity index (χ2n) is 3.51. The zero-order valence-electron chi connectivity index (χ0n) is 8.59. The van der Waals surface area contributed by atoms with Crippen LogP contribution in [0, 0.1) is 0 Å². The summed E-state index contributed by atoms with van der Waals surface area (Å²) in [7, 11) is 0. The van der Waals surface area contributed by atoms with E-state index in [0.717, 1.165) is 0 Å². The molecule has 1 saturated heterocycles. The molecule has 1 aliphatic rings. The number of anilines is 1. The lowest BCUT2D eigenvalue weighted by Crippen LogP contribution is -2.49. The highest BCUT2D eigenvalue weighted by Gasteiger charge is 2.21. The molecule has 16 heavy (non-hydrogen) atoms. The van der Waals surface area contributed by atoms with Crippen LogP contribution in [0.15, 0.2) is 17.1 Å². The van der Waals surface area contributed by atoms with E-state index in [-0.39, 0.29) is 5.56 Å². The van der Waals surface area contributed by atoms with E-state index < -0.39 is 6.09 Å². The average molecular weight is 224 g/mol. The summed E-state index contributed by atoms with van der Waals surface area (Å²) in [5.74, 6) is 0.498. The summed E-state index contributed by atoms with van der Waals surface area (Å²) in [6.45, 7) is 1.93. The maximum Gasteiger partial charge on any atom is 0.407 e. The van der Waals surface area contributed by atoms with Crippen LogP contribution in [0.2, 0.25) is 0 Å². The minimum atomic E-state index is -0.908. The second kappa shape index (κ2) is 4.21. The summed E-state index contributed by atoms with van der Waals surface area (Å²) in [5.41, 5.74) is -0.203. The summed E-state index contributed by atoms with van der Waals surface area (Å²) >= 11 is 0. The molecule has 2 heterocycles. The number of aromatic nitrogens is 2. The number of carboxylic acid groups (broad SMARTS) is 1. The van der Waals surface area contributed by atoms with Gasteiger partial charge in [0.2, 0.25) is 5.95 Å². The molecule has 0 aliphatic carbocycles. The third-order valence-electron chi connectivity index (χ3n) is 2.51. The zero-order chi connectivity index (χ0) is 11.5. The minimum Gasteiger partial charge on any atom is -0.465 e. The number of piperazine rings is 1. The van der Waals surface area contributed by atoms with Gasteiger partial charge in [-0.05, 0) is 0 Å². The largest absolute Gasteiger partial charge is 0.465 e. The van der Waals surface area contributed by atoms with Gasteiger partial charge in [-0.15, -0.1) is 0 Å². The number of nitrogens with zero attached hydrogens (tertiary/aromatic N) is 3. The van der Waals surface area contributed by atoms with Crippen LogP contribution in [-0.2, 0) is 0 Å². The number of rotatable bonds is 1. The highest BCUT2D eigenvalue weighted by atomic mass is 16.4. The van der Waals surface area contributed by atoms with E-state index in [2.05, 4.69) is 9.97 Å². The number of carbonyl (C=O) groups is 1. The van der Waals surface area contributed by atoms with E-state index in [4.69, 9.17) is 5.11 Å². The van der Waals surface area contributed by atoms with Gasteiger partial charge >= 0.3 is 6.09 Å². The quantitative estimate of drug-likeness (QED) is 0.675. The normalized spacial score (nSPS) is 16.2. The molecular weight excluding hydrogens is 212 g/mol. The van der Waals surface area contributed by atoms with Crippen molar-refractivity contribution in [1.29, 1.82) is 0 Å². The smallest absolute Gasteiger partial charge is 0.407 e. The topological polar surface area (TPSA) is 89.5 Å². The Morgan fingerprint density at radius 3 is 2.62 bits per heavy atom. The van der Waals surface area contributed by atoms with Crippen LogP contribution in [0.3, 0.4) is 0 Å². The van der Waals surface area contributed by atoms with Gasteiger partial charge in [0.15, 0.2) is 0 Å². The first-order valence-corrected chi connectivity index (χ1v) is 4.95. The van der Waals surface area contributed by atoms with Crippen molar-refractivity contribution >= 4 is 12.0 Å². The van der Waals surface area contributed by atoms with Crippen molar-refractivity contribution < 1.29 is 9.90 Å². The van der Waals surface area contributed by atoms with Crippen LogP contribution in [0.5, 0.6) is 0 Å². The lowest BCUT2D eigenvalue weighted by Gasteiger charge is -2.33. The molecule has 0 aromatic carbocycles. The molecule has 0 spiro atoms. The maximum atomic E-state index is 11.1. The Hall–Kier alpha value is -2.05. The summed E-state index contributed by atoms with van der Waals surface area (Å²) < 4.78 is 0. The molecule has 1 aliphatic heterocycles. The summed E-state index contributed by atoms with van der Waals surface area (Å²) in [6, 6.07) is 1.34. The zero-order valence-corrected chi connectivity index (χ0v) is 8.59. The van der Waals surface area contributed by atoms with Crippen molar-refractivity contribution in [2.45, 2.75) is 0 Å². The van der Waals surface area contributed by atoms with Crippen molar-refractivity contribution in [3.05, 3.63) is 22.6 Å². The minimum absolute atomic E-state index is 0.203. The Morgan fingerprint density at radius 1 is 1.38 bits per heavy atom. The van der Waals surface area contributed by atoms with Crippen LogP contribution >= 0.6 is 0 Å². The predicted molar refractivity (Wildman–Crippen MR) is 56.7 cm³/mol. The molecule has 0 radical (unpaired) electrons. The molecule has 1 aromatic rings. The first-order valence-electron chi connectivity index (χ1n) is 4.95. The first-order chi connectivity index (χ1) is 7.66. The molecule has 7 heteroatoms. The van der Waals surface area contributed by atoms with Gasteiger partial charge in [0.25, 0.3) is 5.56 Å². The predicted octanol–water partition coefficient (Wildman–Crippen LogP) is -0.430. The van der Waals surface area contributed by atoms with Gasteiger partial charge in [-0.3, -0.25) is 9.78 Å². The fourth-order valence-corrected chi connectivity index (χ4v) is 1.63. The molecule has 0 atom stereocenters. The molecule has 86 valence electrons. The molecule has 0 bridgehead atoms. The Balaban J connectivity index is 2.04. The van der Waals surface area contributed by atoms with Gasteiger partial charge in [0, 0.05) is 38.4 Å². The van der Waals surface area contributed by atoms with Gasteiger partial charge in [-0.2, -0.15) is 0 Å². The molecule has 1 amide bonds. The molecule has 2 N–H and O–H groups in total. The monoisotopic (exact) mass is 224 g/mol. The Labute approximate surface area is 91.3 Å². The van der Waals surface area contributed by atoms with E-state index in [9.17, 15) is 9.59 Å². The van der Waals surface area contributed by atoms with Crippen LogP contribution in [0.1, 0.15) is 0 Å². The fourth-order valence-electron chi connectivity index (χ4n) is 1.63. The number of H-pyrrole nitrogens is 1. The van der Waals surface area contributed by atoms with E-state index in [0.29, 0.717) is 32.1 Å². The van der Waals surface area contributed by atoms with Gasteiger partial charge < -0.3 is 14.9 Å². The number of amides is 1. The van der Waals surface area contributed by atoms with Crippen LogP contribution in [0.25, 0.3) is 0 Å². The third kappa shape index (κ3) is 2.13. The summed E-state index contributed by atoms with van der Waals surface area (Å²) in [4.78, 5) is 31.6. The van der Waals surface area contributed by atoms with Crippen LogP contribution < -0.4 is 10.5 Å².